The first-order valence-corrected chi connectivity index (χ1v) is 5.16. The molecule has 0 fully saturated rings. The molecule has 0 unspecified atom stereocenters. The van der Waals surface area contributed by atoms with E-state index in [1.165, 1.54) is 0 Å². The van der Waals surface area contributed by atoms with Crippen LogP contribution in [0.4, 0.5) is 0 Å². The van der Waals surface area contributed by atoms with Gasteiger partial charge in [0.1, 0.15) is 39.6 Å². The molecule has 4 heteroatoms. The summed E-state index contributed by atoms with van der Waals surface area (Å²) >= 11 is 0. The molecule has 0 amide bonds. The molecule has 0 heterocycles. The largest absolute Gasteiger partial charge is 0.384 e. The Morgan fingerprint density at radius 3 is 1.33 bits per heavy atom. The van der Waals surface area contributed by atoms with E-state index in [2.05, 4.69) is 47.4 Å². The van der Waals surface area contributed by atoms with Crippen molar-refractivity contribution in [2.24, 2.45) is 0 Å². The van der Waals surface area contributed by atoms with Gasteiger partial charge in [-0.1, -0.05) is 35.5 Å². The topological polar surface area (TPSA) is 58.9 Å². The smallest absolute Gasteiger partial charge is 0.110 e. The van der Waals surface area contributed by atoms with Crippen molar-refractivity contribution >= 4 is 0 Å². The van der Waals surface area contributed by atoms with Gasteiger partial charge < -0.3 is 19.7 Å². The quantitative estimate of drug-likeness (QED) is 0.494. The van der Waals surface area contributed by atoms with Crippen LogP contribution in [0.5, 0.6) is 0 Å². The minimum Gasteiger partial charge on any atom is -0.384 e. The van der Waals surface area contributed by atoms with Crippen molar-refractivity contribution in [1.29, 1.82) is 0 Å². The fraction of sp³-hybridized carbons (Fsp3) is 0.429. The van der Waals surface area contributed by atoms with Crippen molar-refractivity contribution in [2.45, 2.75) is 0 Å². The monoisotopic (exact) mass is 246 g/mol. The number of hydrogen-bond donors (Lipinski definition) is 2. The Bertz CT molecular complexity index is 393. The van der Waals surface area contributed by atoms with Gasteiger partial charge in [-0.3, -0.25) is 0 Å². The van der Waals surface area contributed by atoms with Crippen molar-refractivity contribution < 1.29 is 19.7 Å². The third-order valence-electron chi connectivity index (χ3n) is 1.34. The van der Waals surface area contributed by atoms with Crippen LogP contribution in [0.2, 0.25) is 0 Å². The second kappa shape index (κ2) is 15.1. The van der Waals surface area contributed by atoms with E-state index in [4.69, 9.17) is 19.7 Å². The Morgan fingerprint density at radius 1 is 0.556 bits per heavy atom. The lowest BCUT2D eigenvalue weighted by atomic mass is 10.5. The molecule has 0 radical (unpaired) electrons. The normalized spacial score (nSPS) is 7.44. The number of aliphatic hydroxyl groups excluding tert-OH is 2. The minimum absolute atomic E-state index is 0.163. The SMILES string of the molecule is OCC#CCOCC#CC#CCOCC#CCO. The number of ether oxygens (including phenoxy) is 2. The maximum atomic E-state index is 8.35. The van der Waals surface area contributed by atoms with Crippen molar-refractivity contribution in [3.8, 4) is 47.4 Å². The summed E-state index contributed by atoms with van der Waals surface area (Å²) in [5, 5.41) is 16.7. The van der Waals surface area contributed by atoms with Crippen LogP contribution in [0.15, 0.2) is 0 Å². The molecule has 0 atom stereocenters. The second-order valence-electron chi connectivity index (χ2n) is 2.61. The molecule has 0 aromatic carbocycles. The fourth-order valence-electron chi connectivity index (χ4n) is 0.681. The Hall–Kier alpha value is -1.92. The van der Waals surface area contributed by atoms with Gasteiger partial charge in [0, 0.05) is 0 Å². The molecule has 0 aliphatic heterocycles. The van der Waals surface area contributed by atoms with Gasteiger partial charge in [-0.25, -0.2) is 0 Å². The van der Waals surface area contributed by atoms with E-state index in [1.54, 1.807) is 0 Å². The van der Waals surface area contributed by atoms with E-state index in [0.29, 0.717) is 0 Å². The summed E-state index contributed by atoms with van der Waals surface area (Å²) < 4.78 is 10.0. The lowest BCUT2D eigenvalue weighted by Gasteiger charge is -1.88. The molecular formula is C14H14O4. The van der Waals surface area contributed by atoms with E-state index in [0.717, 1.165) is 0 Å². The van der Waals surface area contributed by atoms with E-state index in [-0.39, 0.29) is 39.6 Å². The number of aliphatic hydroxyl groups is 2. The molecule has 0 aliphatic rings. The zero-order valence-electron chi connectivity index (χ0n) is 9.95. The standard InChI is InChI=1S/C14H14O4/c15-9-3-7-13-17-11-5-1-2-6-12-18-14-8-4-10-16/h15-16H,9-14H2. The zero-order valence-corrected chi connectivity index (χ0v) is 9.95. The highest BCUT2D eigenvalue weighted by molar-refractivity contribution is 5.26. The van der Waals surface area contributed by atoms with Crippen LogP contribution in [0.1, 0.15) is 0 Å². The molecule has 0 aromatic heterocycles. The molecular weight excluding hydrogens is 232 g/mol. The summed E-state index contributed by atoms with van der Waals surface area (Å²) in [6.45, 7) is 0.659. The minimum atomic E-state index is -0.163. The number of rotatable bonds is 4. The Labute approximate surface area is 107 Å². The maximum Gasteiger partial charge on any atom is 0.110 e. The van der Waals surface area contributed by atoms with E-state index < -0.39 is 0 Å². The van der Waals surface area contributed by atoms with Gasteiger partial charge in [-0.2, -0.15) is 0 Å². The molecule has 0 spiro atoms. The lowest BCUT2D eigenvalue weighted by Crippen LogP contribution is -1.92. The summed E-state index contributed by atoms with van der Waals surface area (Å²) in [6.07, 6.45) is 0. The highest BCUT2D eigenvalue weighted by Crippen LogP contribution is 1.71. The first kappa shape index (κ1) is 16.1. The van der Waals surface area contributed by atoms with Crippen molar-refractivity contribution in [2.75, 3.05) is 39.6 Å². The van der Waals surface area contributed by atoms with E-state index in [9.17, 15) is 0 Å². The van der Waals surface area contributed by atoms with Gasteiger partial charge in [-0.15, -0.1) is 0 Å². The summed E-state index contributed by atoms with van der Waals surface area (Å²) in [4.78, 5) is 0. The van der Waals surface area contributed by atoms with Gasteiger partial charge in [0.05, 0.1) is 0 Å². The average molecular weight is 246 g/mol. The number of hydrogen-bond acceptors (Lipinski definition) is 4. The summed E-state index contributed by atoms with van der Waals surface area (Å²) in [5.41, 5.74) is 0. The van der Waals surface area contributed by atoms with Gasteiger partial charge in [-0.05, 0) is 11.8 Å². The third-order valence-corrected chi connectivity index (χ3v) is 1.34. The van der Waals surface area contributed by atoms with Crippen molar-refractivity contribution in [3.63, 3.8) is 0 Å². The van der Waals surface area contributed by atoms with Gasteiger partial charge in [0.25, 0.3) is 0 Å². The molecule has 0 saturated heterocycles. The van der Waals surface area contributed by atoms with Crippen LogP contribution in [-0.4, -0.2) is 49.9 Å². The second-order valence-corrected chi connectivity index (χ2v) is 2.61. The van der Waals surface area contributed by atoms with Crippen LogP contribution in [0, 0.1) is 47.4 Å². The fourth-order valence-corrected chi connectivity index (χ4v) is 0.681. The molecule has 4 nitrogen and oxygen atoms in total. The third kappa shape index (κ3) is 14.1. The molecule has 18 heavy (non-hydrogen) atoms. The molecule has 94 valence electrons. The maximum absolute atomic E-state index is 8.35. The summed E-state index contributed by atoms with van der Waals surface area (Å²) in [5.74, 6) is 20.6. The van der Waals surface area contributed by atoms with Crippen LogP contribution >= 0.6 is 0 Å². The van der Waals surface area contributed by atoms with Crippen molar-refractivity contribution in [1.82, 2.24) is 0 Å². The molecule has 0 rings (SSSR count). The summed E-state index contributed by atoms with van der Waals surface area (Å²) in [6, 6.07) is 0. The van der Waals surface area contributed by atoms with Crippen LogP contribution in [0.3, 0.4) is 0 Å². The first-order valence-electron chi connectivity index (χ1n) is 5.16. The van der Waals surface area contributed by atoms with Crippen LogP contribution in [-0.2, 0) is 9.47 Å². The van der Waals surface area contributed by atoms with Crippen LogP contribution in [0.25, 0.3) is 0 Å². The van der Waals surface area contributed by atoms with Gasteiger partial charge >= 0.3 is 0 Å². The van der Waals surface area contributed by atoms with Crippen LogP contribution < -0.4 is 0 Å². The first-order chi connectivity index (χ1) is 8.91. The Kier molecular flexibility index (Phi) is 13.5. The zero-order chi connectivity index (χ0) is 13.3. The Balaban J connectivity index is 3.47. The molecule has 2 N–H and O–H groups in total. The van der Waals surface area contributed by atoms with E-state index >= 15 is 0 Å². The van der Waals surface area contributed by atoms with Gasteiger partial charge in [0.15, 0.2) is 0 Å². The highest BCUT2D eigenvalue weighted by Gasteiger charge is 1.77. The Morgan fingerprint density at radius 2 is 0.944 bits per heavy atom. The summed E-state index contributed by atoms with van der Waals surface area (Å²) in [7, 11) is 0. The average Bonchev–Trinajstić information content (AvgIpc) is 2.39. The van der Waals surface area contributed by atoms with Gasteiger partial charge in [0.2, 0.25) is 0 Å². The molecule has 0 saturated carbocycles. The van der Waals surface area contributed by atoms with Crippen molar-refractivity contribution in [3.05, 3.63) is 0 Å². The predicted octanol–water partition coefficient (Wildman–Crippen LogP) is -0.982. The highest BCUT2D eigenvalue weighted by atomic mass is 16.5. The predicted molar refractivity (Wildman–Crippen MR) is 66.9 cm³/mol. The van der Waals surface area contributed by atoms with E-state index in [1.807, 2.05) is 0 Å². The molecule has 0 aliphatic carbocycles. The lowest BCUT2D eigenvalue weighted by molar-refractivity contribution is 0.204. The molecule has 0 aromatic rings. The molecule has 0 bridgehead atoms.